The van der Waals surface area contributed by atoms with Gasteiger partial charge in [0.25, 0.3) is 5.91 Å². The molecule has 4 rings (SSSR count). The quantitative estimate of drug-likeness (QED) is 0.0866. The molecule has 268 valence electrons. The van der Waals surface area contributed by atoms with Gasteiger partial charge in [-0.25, -0.2) is 0 Å². The molecule has 0 spiro atoms. The second-order valence-corrected chi connectivity index (χ2v) is 13.1. The summed E-state index contributed by atoms with van der Waals surface area (Å²) >= 11 is 0. The predicted molar refractivity (Wildman–Crippen MR) is 156 cm³/mol. The van der Waals surface area contributed by atoms with Gasteiger partial charge in [-0.15, -0.1) is 0 Å². The fourth-order valence-electron chi connectivity index (χ4n) is 6.33. The fourth-order valence-corrected chi connectivity index (χ4v) is 6.33. The van der Waals surface area contributed by atoms with Gasteiger partial charge in [-0.1, -0.05) is 0 Å². The normalized spacial score (nSPS) is 48.5. The molecule has 17 atom stereocenters. The van der Waals surface area contributed by atoms with Crippen LogP contribution in [-0.4, -0.2) is 183 Å². The first-order valence-electron chi connectivity index (χ1n) is 15.6. The molecule has 2 saturated carbocycles. The summed E-state index contributed by atoms with van der Waals surface area (Å²) in [5.41, 5.74) is 14.3. The molecule has 0 aromatic rings. The van der Waals surface area contributed by atoms with Crippen molar-refractivity contribution in [2.24, 2.45) is 17.2 Å². The molecule has 2 aliphatic heterocycles. The number of nitrogens with two attached hydrogens (primary N) is 3. The first kappa shape index (κ1) is 37.6. The first-order chi connectivity index (χ1) is 21.5. The van der Waals surface area contributed by atoms with Gasteiger partial charge < -0.3 is 93.0 Å². The Morgan fingerprint density at radius 2 is 1.65 bits per heavy atom. The lowest BCUT2D eigenvalue weighted by atomic mass is 9.83. The van der Waals surface area contributed by atoms with E-state index in [1.165, 1.54) is 14.0 Å². The summed E-state index contributed by atoms with van der Waals surface area (Å²) < 4.78 is 23.3. The van der Waals surface area contributed by atoms with Gasteiger partial charge >= 0.3 is 0 Å². The summed E-state index contributed by atoms with van der Waals surface area (Å²) in [6.07, 6.45) is -15.5. The van der Waals surface area contributed by atoms with E-state index in [1.54, 1.807) is 0 Å². The Hall–Kier alpha value is -1.21. The van der Waals surface area contributed by atoms with Crippen LogP contribution in [0.15, 0.2) is 0 Å². The minimum atomic E-state index is -1.82. The number of aliphatic hydroxyl groups is 8. The lowest BCUT2D eigenvalue weighted by Crippen LogP contribution is -2.70. The summed E-state index contributed by atoms with van der Waals surface area (Å²) in [4.78, 5) is 12.9. The second kappa shape index (κ2) is 15.1. The molecular formula is C27H52N6O13. The van der Waals surface area contributed by atoms with Gasteiger partial charge in [0.15, 0.2) is 18.2 Å². The number of likely N-dealkylation sites (N-methyl/N-ethyl adjacent to an activating group) is 1. The van der Waals surface area contributed by atoms with Gasteiger partial charge in [-0.3, -0.25) is 4.79 Å². The summed E-state index contributed by atoms with van der Waals surface area (Å²) in [7, 11) is 1.53. The van der Waals surface area contributed by atoms with Crippen LogP contribution in [0.2, 0.25) is 0 Å². The number of hydrogen-bond donors (Lipinski definition) is 14. The Balaban J connectivity index is 1.50. The third kappa shape index (κ3) is 7.98. The summed E-state index contributed by atoms with van der Waals surface area (Å²) in [5.74, 6) is -0.811. The largest absolute Gasteiger partial charge is 0.392 e. The molecule has 0 bridgehead atoms. The highest BCUT2D eigenvalue weighted by Crippen LogP contribution is 2.36. The van der Waals surface area contributed by atoms with E-state index in [1.807, 2.05) is 0 Å². The topological polar surface area (TPSA) is 330 Å². The van der Waals surface area contributed by atoms with Crippen molar-refractivity contribution in [2.75, 3.05) is 33.3 Å². The van der Waals surface area contributed by atoms with Crippen molar-refractivity contribution in [1.29, 1.82) is 0 Å². The minimum absolute atomic E-state index is 0.0217. The van der Waals surface area contributed by atoms with Crippen LogP contribution in [0, 0.1) is 0 Å². The van der Waals surface area contributed by atoms with E-state index in [-0.39, 0.29) is 39.1 Å². The van der Waals surface area contributed by atoms with Gasteiger partial charge in [0.1, 0.15) is 54.4 Å². The zero-order valence-corrected chi connectivity index (χ0v) is 26.0. The Bertz CT molecular complexity index is 1020. The molecule has 46 heavy (non-hydrogen) atoms. The van der Waals surface area contributed by atoms with E-state index in [2.05, 4.69) is 16.0 Å². The molecular weight excluding hydrogens is 616 g/mol. The van der Waals surface area contributed by atoms with Gasteiger partial charge in [0, 0.05) is 31.6 Å². The maximum absolute atomic E-state index is 12.9. The highest BCUT2D eigenvalue weighted by atomic mass is 16.7. The van der Waals surface area contributed by atoms with Gasteiger partial charge in [-0.2, -0.15) is 0 Å². The molecule has 1 amide bonds. The Kier molecular flexibility index (Phi) is 12.4. The number of aliphatic hydroxyl groups excluding tert-OH is 6. The smallest absolute Gasteiger partial charge is 0.253 e. The molecule has 4 aliphatic rings. The van der Waals surface area contributed by atoms with Crippen LogP contribution in [0.4, 0.5) is 0 Å². The average molecular weight is 669 g/mol. The van der Waals surface area contributed by atoms with Gasteiger partial charge in [0.2, 0.25) is 0 Å². The number of amides is 1. The molecule has 0 aromatic carbocycles. The molecule has 0 radical (unpaired) electrons. The monoisotopic (exact) mass is 668 g/mol. The van der Waals surface area contributed by atoms with Crippen LogP contribution in [0.25, 0.3) is 0 Å². The highest BCUT2D eigenvalue weighted by Gasteiger charge is 2.59. The third-order valence-corrected chi connectivity index (χ3v) is 9.33. The van der Waals surface area contributed by atoms with Crippen LogP contribution in [-0.2, 0) is 23.7 Å². The summed E-state index contributed by atoms with van der Waals surface area (Å²) in [6.45, 7) is 1.54. The van der Waals surface area contributed by atoms with Crippen molar-refractivity contribution in [3.05, 3.63) is 0 Å². The van der Waals surface area contributed by atoms with E-state index in [0.717, 1.165) is 0 Å². The van der Waals surface area contributed by atoms with Crippen molar-refractivity contribution < 1.29 is 64.6 Å². The first-order valence-corrected chi connectivity index (χ1v) is 15.6. The Labute approximate surface area is 266 Å². The highest BCUT2D eigenvalue weighted by molar-refractivity contribution is 5.89. The lowest BCUT2D eigenvalue weighted by Gasteiger charge is -2.49. The van der Waals surface area contributed by atoms with Gasteiger partial charge in [-0.05, 0) is 33.4 Å². The molecule has 4 fully saturated rings. The maximum Gasteiger partial charge on any atom is 0.253 e. The minimum Gasteiger partial charge on any atom is -0.392 e. The van der Waals surface area contributed by atoms with Crippen LogP contribution >= 0.6 is 0 Å². The summed E-state index contributed by atoms with van der Waals surface area (Å²) in [5, 5.41) is 93.7. The fraction of sp³-hybridized carbons (Fsp3) is 0.963. The van der Waals surface area contributed by atoms with Crippen LogP contribution in [0.5, 0.6) is 0 Å². The van der Waals surface area contributed by atoms with E-state index >= 15 is 0 Å². The SMILES string of the molecule is CN[C@@H]1[C@@H](O)[C@@H](O[C@H]2[C@H](NC(=O)C3(O)CC3N)C[C@H](N)C(O[C@H]3O[C@H](CNCC(O)CCN)[C@@H](O)[C@H](O)[C@H]3O)[C@@H]2O)OC[C@]1(C)O. The summed E-state index contributed by atoms with van der Waals surface area (Å²) in [6, 6.07) is -3.78. The molecule has 2 aliphatic carbocycles. The van der Waals surface area contributed by atoms with Crippen molar-refractivity contribution in [1.82, 2.24) is 16.0 Å². The number of hydrogen-bond acceptors (Lipinski definition) is 18. The number of ether oxygens (including phenoxy) is 4. The van der Waals surface area contributed by atoms with Crippen molar-refractivity contribution >= 4 is 5.91 Å². The zero-order chi connectivity index (χ0) is 34.1. The van der Waals surface area contributed by atoms with Crippen molar-refractivity contribution in [3.63, 3.8) is 0 Å². The molecule has 19 heteroatoms. The molecule has 19 nitrogen and oxygen atoms in total. The zero-order valence-electron chi connectivity index (χ0n) is 26.0. The van der Waals surface area contributed by atoms with Crippen molar-refractivity contribution in [2.45, 2.75) is 129 Å². The van der Waals surface area contributed by atoms with Crippen LogP contribution in [0.1, 0.15) is 26.2 Å². The van der Waals surface area contributed by atoms with E-state index < -0.39 is 109 Å². The Morgan fingerprint density at radius 1 is 1.00 bits per heavy atom. The standard InChI is InChI=1S/C27H52N6O13/c1-26(41)9-43-23(19(39)22(26)31-2)46-21-12(33-25(40)27(42)6-14(27)30)5-11(29)20(18(21)38)45-24-17(37)16(36)15(35)13(44-24)8-32-7-10(34)3-4-28/h10-24,31-32,34-39,41-42H,3-9,28-30H2,1-2H3,(H,33,40)/t10?,11-,12+,13+,14?,15+,16-,17+,18-,19+,20?,21-,22+,23+,24+,26-,27?/m0/s1. The molecule has 0 aromatic heterocycles. The van der Waals surface area contributed by atoms with Crippen molar-refractivity contribution in [3.8, 4) is 0 Å². The van der Waals surface area contributed by atoms with Gasteiger partial charge in [0.05, 0.1) is 24.8 Å². The molecule has 2 saturated heterocycles. The Morgan fingerprint density at radius 3 is 2.26 bits per heavy atom. The molecule has 17 N–H and O–H groups in total. The number of nitrogens with one attached hydrogen (secondary N) is 3. The molecule has 2 heterocycles. The lowest BCUT2D eigenvalue weighted by molar-refractivity contribution is -0.331. The van der Waals surface area contributed by atoms with E-state index in [4.69, 9.17) is 36.1 Å². The van der Waals surface area contributed by atoms with Crippen LogP contribution < -0.4 is 33.2 Å². The second-order valence-electron chi connectivity index (χ2n) is 13.1. The number of carbonyl (C=O) groups is 1. The number of rotatable bonds is 13. The maximum atomic E-state index is 12.9. The van der Waals surface area contributed by atoms with E-state index in [9.17, 15) is 45.6 Å². The molecule has 4 unspecified atom stereocenters. The van der Waals surface area contributed by atoms with E-state index in [0.29, 0.717) is 6.42 Å². The third-order valence-electron chi connectivity index (χ3n) is 9.33. The predicted octanol–water partition coefficient (Wildman–Crippen LogP) is -8.04. The number of carbonyl (C=O) groups excluding carboxylic acids is 1. The average Bonchev–Trinajstić information content (AvgIpc) is 3.62. The van der Waals surface area contributed by atoms with Crippen LogP contribution in [0.3, 0.4) is 0 Å².